The van der Waals surface area contributed by atoms with Gasteiger partial charge in [-0.3, -0.25) is 9.97 Å². The van der Waals surface area contributed by atoms with Gasteiger partial charge < -0.3 is 4.42 Å². The van der Waals surface area contributed by atoms with Crippen LogP contribution in [0.25, 0.3) is 22.4 Å². The van der Waals surface area contributed by atoms with E-state index in [9.17, 15) is 18.0 Å². The van der Waals surface area contributed by atoms with Crippen LogP contribution in [0, 0.1) is 0 Å². The number of H-pyrrole nitrogens is 1. The number of hydrogen-bond acceptors (Lipinski definition) is 4. The maximum absolute atomic E-state index is 12.4. The molecule has 0 aliphatic carbocycles. The third-order valence-corrected chi connectivity index (χ3v) is 3.06. The van der Waals surface area contributed by atoms with Gasteiger partial charge in [0.1, 0.15) is 5.52 Å². The third kappa shape index (κ3) is 2.38. The second kappa shape index (κ2) is 4.59. The minimum absolute atomic E-state index is 0.113. The Morgan fingerprint density at radius 3 is 2.57 bits per heavy atom. The Balaban J connectivity index is 2.17. The maximum Gasteiger partial charge on any atom is 0.434 e. The minimum atomic E-state index is -4.57. The molecular formula is C12H5ClF3N3O2. The van der Waals surface area contributed by atoms with Gasteiger partial charge in [-0.2, -0.15) is 13.2 Å². The number of nitrogens with one attached hydrogen (secondary N) is 1. The largest absolute Gasteiger partial charge is 0.434 e. The van der Waals surface area contributed by atoms with Gasteiger partial charge in [-0.25, -0.2) is 9.78 Å². The van der Waals surface area contributed by atoms with Crippen molar-refractivity contribution in [2.75, 3.05) is 0 Å². The van der Waals surface area contributed by atoms with E-state index in [2.05, 4.69) is 15.0 Å². The van der Waals surface area contributed by atoms with Gasteiger partial charge >= 0.3 is 11.9 Å². The number of halogens is 4. The highest BCUT2D eigenvalue weighted by atomic mass is 35.5. The van der Waals surface area contributed by atoms with Crippen LogP contribution in [0.3, 0.4) is 0 Å². The number of benzene rings is 1. The molecule has 2 heterocycles. The fraction of sp³-hybridized carbons (Fsp3) is 0.0833. The van der Waals surface area contributed by atoms with Gasteiger partial charge in [-0.05, 0) is 12.1 Å². The zero-order valence-corrected chi connectivity index (χ0v) is 10.8. The number of aromatic amines is 1. The summed E-state index contributed by atoms with van der Waals surface area (Å²) in [6.07, 6.45) is -3.00. The van der Waals surface area contributed by atoms with E-state index in [1.165, 1.54) is 12.1 Å². The predicted octanol–water partition coefficient (Wildman–Crippen LogP) is 3.25. The van der Waals surface area contributed by atoms with Crippen LogP contribution in [0.1, 0.15) is 5.69 Å². The summed E-state index contributed by atoms with van der Waals surface area (Å²) in [7, 11) is 0. The van der Waals surface area contributed by atoms with Gasteiger partial charge in [-0.15, -0.1) is 0 Å². The second-order valence-corrected chi connectivity index (χ2v) is 4.51. The Kier molecular flexibility index (Phi) is 2.98. The standard InChI is InChI=1S/C12H5ClF3N3O2/c13-6-2-1-5(10-9(6)19-11(20)21-10)7-3-18-8(4-17-7)12(14,15)16/h1-4H,(H,19,20). The van der Waals surface area contributed by atoms with Crippen LogP contribution in [-0.2, 0) is 6.18 Å². The lowest BCUT2D eigenvalue weighted by molar-refractivity contribution is -0.141. The lowest BCUT2D eigenvalue weighted by Crippen LogP contribution is -2.08. The maximum atomic E-state index is 12.4. The molecule has 1 aromatic carbocycles. The molecular weight excluding hydrogens is 311 g/mol. The molecule has 0 unspecified atom stereocenters. The normalized spacial score (nSPS) is 12.0. The number of alkyl halides is 3. The quantitative estimate of drug-likeness (QED) is 0.748. The van der Waals surface area contributed by atoms with Crippen molar-refractivity contribution in [1.29, 1.82) is 0 Å². The SMILES string of the molecule is O=c1[nH]c2c(Cl)ccc(-c3cnc(C(F)(F)F)cn3)c2o1. The fourth-order valence-corrected chi connectivity index (χ4v) is 2.01. The monoisotopic (exact) mass is 315 g/mol. The Labute approximate surface area is 119 Å². The van der Waals surface area contributed by atoms with Crippen molar-refractivity contribution in [3.8, 4) is 11.3 Å². The molecule has 2 aromatic heterocycles. The summed E-state index contributed by atoms with van der Waals surface area (Å²) in [6.45, 7) is 0. The van der Waals surface area contributed by atoms with Crippen LogP contribution < -0.4 is 5.76 Å². The smallest absolute Gasteiger partial charge is 0.407 e. The Morgan fingerprint density at radius 1 is 1.19 bits per heavy atom. The van der Waals surface area contributed by atoms with E-state index in [4.69, 9.17) is 16.0 Å². The van der Waals surface area contributed by atoms with Crippen LogP contribution >= 0.6 is 11.6 Å². The molecule has 0 aliphatic rings. The molecule has 0 radical (unpaired) electrons. The molecule has 1 N–H and O–H groups in total. The van der Waals surface area contributed by atoms with Crippen molar-refractivity contribution in [2.45, 2.75) is 6.18 Å². The molecule has 0 aliphatic heterocycles. The van der Waals surface area contributed by atoms with E-state index in [0.29, 0.717) is 11.8 Å². The summed E-state index contributed by atoms with van der Waals surface area (Å²) in [5.41, 5.74) is -0.296. The average molecular weight is 316 g/mol. The molecule has 0 amide bonds. The van der Waals surface area contributed by atoms with E-state index in [1.807, 2.05) is 0 Å². The lowest BCUT2D eigenvalue weighted by Gasteiger charge is -2.06. The first-order chi connectivity index (χ1) is 9.86. The summed E-state index contributed by atoms with van der Waals surface area (Å²) in [5.74, 6) is -0.723. The number of fused-ring (bicyclic) bond motifs is 1. The van der Waals surface area contributed by atoms with Crippen molar-refractivity contribution in [3.63, 3.8) is 0 Å². The molecule has 3 rings (SSSR count). The summed E-state index contributed by atoms with van der Waals surface area (Å²) in [6, 6.07) is 2.96. The van der Waals surface area contributed by atoms with Gasteiger partial charge in [0.05, 0.1) is 23.1 Å². The molecule has 0 spiro atoms. The Morgan fingerprint density at radius 2 is 1.95 bits per heavy atom. The van der Waals surface area contributed by atoms with Gasteiger partial charge in [0, 0.05) is 5.56 Å². The van der Waals surface area contributed by atoms with Crippen LogP contribution in [0.2, 0.25) is 5.02 Å². The molecule has 0 fully saturated rings. The van der Waals surface area contributed by atoms with Crippen LogP contribution in [-0.4, -0.2) is 15.0 Å². The van der Waals surface area contributed by atoms with E-state index < -0.39 is 17.6 Å². The number of aromatic nitrogens is 3. The van der Waals surface area contributed by atoms with Crippen molar-refractivity contribution in [1.82, 2.24) is 15.0 Å². The van der Waals surface area contributed by atoms with Crippen molar-refractivity contribution >= 4 is 22.7 Å². The van der Waals surface area contributed by atoms with Gasteiger partial charge in [-0.1, -0.05) is 11.6 Å². The summed E-state index contributed by atoms with van der Waals surface area (Å²) < 4.78 is 42.3. The number of oxazole rings is 1. The highest BCUT2D eigenvalue weighted by Gasteiger charge is 2.32. The topological polar surface area (TPSA) is 71.8 Å². The first-order valence-corrected chi connectivity index (χ1v) is 5.95. The molecule has 0 saturated carbocycles. The Bertz CT molecular complexity index is 868. The summed E-state index contributed by atoms with van der Waals surface area (Å²) in [5, 5.41) is 0.250. The molecule has 0 atom stereocenters. The second-order valence-electron chi connectivity index (χ2n) is 4.10. The van der Waals surface area contributed by atoms with Crippen LogP contribution in [0.4, 0.5) is 13.2 Å². The summed E-state index contributed by atoms with van der Waals surface area (Å²) in [4.78, 5) is 20.6. The average Bonchev–Trinajstić information content (AvgIpc) is 2.81. The molecule has 21 heavy (non-hydrogen) atoms. The summed E-state index contributed by atoms with van der Waals surface area (Å²) >= 11 is 5.90. The van der Waals surface area contributed by atoms with Crippen molar-refractivity contribution in [3.05, 3.63) is 45.8 Å². The first-order valence-electron chi connectivity index (χ1n) is 5.57. The van der Waals surface area contributed by atoms with E-state index in [0.717, 1.165) is 6.20 Å². The molecule has 0 saturated heterocycles. The third-order valence-electron chi connectivity index (χ3n) is 2.75. The van der Waals surface area contributed by atoms with Crippen LogP contribution in [0.15, 0.2) is 33.7 Å². The van der Waals surface area contributed by atoms with Crippen molar-refractivity contribution < 1.29 is 17.6 Å². The number of hydrogen-bond donors (Lipinski definition) is 1. The fourth-order valence-electron chi connectivity index (χ4n) is 1.82. The number of nitrogens with zero attached hydrogens (tertiary/aromatic N) is 2. The molecule has 3 aromatic rings. The van der Waals surface area contributed by atoms with E-state index in [-0.39, 0.29) is 21.8 Å². The van der Waals surface area contributed by atoms with Gasteiger partial charge in [0.15, 0.2) is 11.3 Å². The molecule has 9 heteroatoms. The Hall–Kier alpha value is -2.35. The number of rotatable bonds is 1. The lowest BCUT2D eigenvalue weighted by atomic mass is 10.1. The first kappa shape index (κ1) is 13.6. The predicted molar refractivity (Wildman–Crippen MR) is 67.9 cm³/mol. The van der Waals surface area contributed by atoms with Gasteiger partial charge in [0.25, 0.3) is 0 Å². The molecule has 108 valence electrons. The van der Waals surface area contributed by atoms with Gasteiger partial charge in [0.2, 0.25) is 0 Å². The zero-order valence-electron chi connectivity index (χ0n) is 10.0. The highest BCUT2D eigenvalue weighted by Crippen LogP contribution is 2.31. The van der Waals surface area contributed by atoms with Crippen LogP contribution in [0.5, 0.6) is 0 Å². The van der Waals surface area contributed by atoms with Crippen molar-refractivity contribution in [2.24, 2.45) is 0 Å². The van der Waals surface area contributed by atoms with E-state index in [1.54, 1.807) is 0 Å². The van der Waals surface area contributed by atoms with E-state index >= 15 is 0 Å². The molecule has 5 nitrogen and oxygen atoms in total. The minimum Gasteiger partial charge on any atom is -0.407 e. The molecule has 0 bridgehead atoms. The highest BCUT2D eigenvalue weighted by molar-refractivity contribution is 6.35. The zero-order chi connectivity index (χ0) is 15.2.